The number of amides is 1. The second-order valence-electron chi connectivity index (χ2n) is 4.98. The molecule has 1 saturated heterocycles. The molecule has 24 heavy (non-hydrogen) atoms. The number of carbonyl (C=O) groups excluding carboxylic acids is 1. The number of ether oxygens (including phenoxy) is 1. The molecule has 2 aromatic carbocycles. The molecule has 2 aromatic rings. The van der Waals surface area contributed by atoms with Crippen molar-refractivity contribution in [1.29, 1.82) is 0 Å². The van der Waals surface area contributed by atoms with Crippen molar-refractivity contribution >= 4 is 34.6 Å². The largest absolute Gasteiger partial charge is 0.504 e. The smallest absolute Gasteiger partial charge is 0.264 e. The number of nitrogens with one attached hydrogen (secondary N) is 1. The van der Waals surface area contributed by atoms with E-state index >= 15 is 0 Å². The third-order valence-corrected chi connectivity index (χ3v) is 4.13. The number of rotatable bonds is 4. The van der Waals surface area contributed by atoms with Crippen LogP contribution in [0.3, 0.4) is 0 Å². The van der Waals surface area contributed by atoms with Crippen LogP contribution in [0, 0.1) is 0 Å². The van der Waals surface area contributed by atoms with Crippen LogP contribution in [0.15, 0.2) is 58.4 Å². The summed E-state index contributed by atoms with van der Waals surface area (Å²) in [4.78, 5) is 17.0. The van der Waals surface area contributed by atoms with Gasteiger partial charge in [0.25, 0.3) is 5.91 Å². The van der Waals surface area contributed by atoms with E-state index in [2.05, 4.69) is 10.3 Å². The van der Waals surface area contributed by atoms with Gasteiger partial charge in [0, 0.05) is 0 Å². The van der Waals surface area contributed by atoms with E-state index in [4.69, 9.17) is 4.74 Å². The number of hydrogen-bond acceptors (Lipinski definition) is 5. The molecule has 6 heteroatoms. The lowest BCUT2D eigenvalue weighted by Crippen LogP contribution is -2.19. The van der Waals surface area contributed by atoms with Crippen molar-refractivity contribution in [1.82, 2.24) is 5.32 Å². The number of phenols is 1. The van der Waals surface area contributed by atoms with Gasteiger partial charge in [-0.05, 0) is 54.6 Å². The quantitative estimate of drug-likeness (QED) is 0.833. The Bertz CT molecular complexity index is 816. The lowest BCUT2D eigenvalue weighted by molar-refractivity contribution is -0.115. The molecule has 3 rings (SSSR count). The van der Waals surface area contributed by atoms with Crippen molar-refractivity contribution in [2.75, 3.05) is 6.61 Å². The molecule has 122 valence electrons. The Morgan fingerprint density at radius 3 is 2.79 bits per heavy atom. The van der Waals surface area contributed by atoms with Gasteiger partial charge in [-0.2, -0.15) is 0 Å². The Hall–Kier alpha value is -2.73. The van der Waals surface area contributed by atoms with Gasteiger partial charge < -0.3 is 15.2 Å². The summed E-state index contributed by atoms with van der Waals surface area (Å²) in [6, 6.07) is 14.4. The molecule has 1 fully saturated rings. The number of nitrogens with zero attached hydrogens (tertiary/aromatic N) is 1. The summed E-state index contributed by atoms with van der Waals surface area (Å²) >= 11 is 1.28. The molecule has 0 aromatic heterocycles. The molecule has 0 unspecified atom stereocenters. The average Bonchev–Trinajstić information content (AvgIpc) is 2.91. The molecule has 0 atom stereocenters. The number of carbonyl (C=O) groups is 1. The number of hydrogen-bond donors (Lipinski definition) is 2. The highest BCUT2D eigenvalue weighted by molar-refractivity contribution is 8.18. The highest BCUT2D eigenvalue weighted by atomic mass is 32.2. The summed E-state index contributed by atoms with van der Waals surface area (Å²) in [6.45, 7) is 2.30. The Morgan fingerprint density at radius 1 is 1.25 bits per heavy atom. The van der Waals surface area contributed by atoms with E-state index in [1.807, 2.05) is 37.3 Å². The first-order valence-corrected chi connectivity index (χ1v) is 8.28. The number of thioether (sulfide) groups is 1. The minimum atomic E-state index is -0.194. The molecule has 0 spiro atoms. The van der Waals surface area contributed by atoms with Crippen LogP contribution in [-0.2, 0) is 4.79 Å². The van der Waals surface area contributed by atoms with Gasteiger partial charge >= 0.3 is 0 Å². The van der Waals surface area contributed by atoms with E-state index < -0.39 is 0 Å². The second kappa shape index (κ2) is 7.23. The maximum atomic E-state index is 12.1. The fourth-order valence-electron chi connectivity index (χ4n) is 2.14. The van der Waals surface area contributed by atoms with Crippen LogP contribution in [0.25, 0.3) is 6.08 Å². The minimum absolute atomic E-state index is 0.0776. The molecular formula is C18H16N2O3S. The van der Waals surface area contributed by atoms with Crippen molar-refractivity contribution in [2.24, 2.45) is 4.99 Å². The van der Waals surface area contributed by atoms with E-state index in [9.17, 15) is 9.90 Å². The van der Waals surface area contributed by atoms with Crippen molar-refractivity contribution in [3.63, 3.8) is 0 Å². The van der Waals surface area contributed by atoms with Gasteiger partial charge in [-0.15, -0.1) is 0 Å². The van der Waals surface area contributed by atoms with Gasteiger partial charge in [0.15, 0.2) is 16.7 Å². The lowest BCUT2D eigenvalue weighted by atomic mass is 10.2. The van der Waals surface area contributed by atoms with Crippen LogP contribution >= 0.6 is 11.8 Å². The zero-order valence-electron chi connectivity index (χ0n) is 13.0. The van der Waals surface area contributed by atoms with E-state index in [0.29, 0.717) is 22.4 Å². The monoisotopic (exact) mass is 340 g/mol. The number of aliphatic imine (C=N–C) groups is 1. The van der Waals surface area contributed by atoms with Gasteiger partial charge in [-0.3, -0.25) is 4.79 Å². The van der Waals surface area contributed by atoms with Crippen molar-refractivity contribution in [3.05, 3.63) is 59.0 Å². The molecule has 1 aliphatic heterocycles. The first-order valence-electron chi connectivity index (χ1n) is 7.46. The zero-order valence-corrected chi connectivity index (χ0v) is 13.8. The predicted octanol–water partition coefficient (Wildman–Crippen LogP) is 3.68. The van der Waals surface area contributed by atoms with Crippen molar-refractivity contribution in [3.8, 4) is 11.5 Å². The molecule has 0 radical (unpaired) electrons. The predicted molar refractivity (Wildman–Crippen MR) is 96.5 cm³/mol. The van der Waals surface area contributed by atoms with Gasteiger partial charge in [-0.25, -0.2) is 4.99 Å². The Morgan fingerprint density at radius 2 is 2.04 bits per heavy atom. The van der Waals surface area contributed by atoms with Gasteiger partial charge in [-0.1, -0.05) is 24.3 Å². The summed E-state index contributed by atoms with van der Waals surface area (Å²) in [6.07, 6.45) is 1.75. The van der Waals surface area contributed by atoms with E-state index in [1.165, 1.54) is 11.8 Å². The molecule has 0 bridgehead atoms. The highest BCUT2D eigenvalue weighted by Crippen LogP contribution is 2.31. The first kappa shape index (κ1) is 16.1. The molecule has 1 aliphatic rings. The van der Waals surface area contributed by atoms with Crippen LogP contribution in [0.1, 0.15) is 12.5 Å². The Labute approximate surface area is 144 Å². The van der Waals surface area contributed by atoms with Gasteiger partial charge in [0.05, 0.1) is 17.2 Å². The summed E-state index contributed by atoms with van der Waals surface area (Å²) in [5, 5.41) is 13.0. The fourth-order valence-corrected chi connectivity index (χ4v) is 2.99. The Balaban J connectivity index is 1.82. The fraction of sp³-hybridized carbons (Fsp3) is 0.111. The molecule has 2 N–H and O–H groups in total. The molecule has 0 aliphatic carbocycles. The lowest BCUT2D eigenvalue weighted by Gasteiger charge is -2.06. The van der Waals surface area contributed by atoms with Crippen molar-refractivity contribution < 1.29 is 14.6 Å². The summed E-state index contributed by atoms with van der Waals surface area (Å²) < 4.78 is 5.36. The number of benzene rings is 2. The topological polar surface area (TPSA) is 70.9 Å². The molecule has 0 saturated carbocycles. The number of amidine groups is 1. The van der Waals surface area contributed by atoms with Gasteiger partial charge in [0.2, 0.25) is 0 Å². The molecule has 5 nitrogen and oxygen atoms in total. The normalized spacial score (nSPS) is 17.3. The van der Waals surface area contributed by atoms with Crippen LogP contribution in [0.5, 0.6) is 11.5 Å². The van der Waals surface area contributed by atoms with E-state index in [1.54, 1.807) is 24.3 Å². The van der Waals surface area contributed by atoms with Crippen LogP contribution < -0.4 is 10.1 Å². The Kier molecular flexibility index (Phi) is 4.86. The van der Waals surface area contributed by atoms with Crippen LogP contribution in [-0.4, -0.2) is 22.8 Å². The number of phenolic OH excluding ortho intramolecular Hbond substituents is 1. The summed E-state index contributed by atoms with van der Waals surface area (Å²) in [7, 11) is 0. The minimum Gasteiger partial charge on any atom is -0.504 e. The van der Waals surface area contributed by atoms with E-state index in [0.717, 1.165) is 11.3 Å². The molecule has 1 heterocycles. The van der Waals surface area contributed by atoms with Crippen LogP contribution in [0.4, 0.5) is 5.69 Å². The summed E-state index contributed by atoms with van der Waals surface area (Å²) in [5.41, 5.74) is 1.56. The average molecular weight is 340 g/mol. The third kappa shape index (κ3) is 3.78. The second-order valence-corrected chi connectivity index (χ2v) is 6.01. The third-order valence-electron chi connectivity index (χ3n) is 3.22. The molecular weight excluding hydrogens is 324 g/mol. The maximum Gasteiger partial charge on any atom is 0.264 e. The van der Waals surface area contributed by atoms with Crippen molar-refractivity contribution in [2.45, 2.75) is 6.92 Å². The zero-order chi connectivity index (χ0) is 16.9. The first-order chi connectivity index (χ1) is 11.7. The van der Waals surface area contributed by atoms with Gasteiger partial charge in [0.1, 0.15) is 0 Å². The SMILES string of the molecule is CCOc1cc(C=C2SC(=Nc3ccccc3)NC2=O)ccc1O. The van der Waals surface area contributed by atoms with Crippen LogP contribution in [0.2, 0.25) is 0 Å². The number of aromatic hydroxyl groups is 1. The number of para-hydroxylation sites is 1. The standard InChI is InChI=1S/C18H16N2O3S/c1-2-23-15-10-12(8-9-14(15)21)11-16-17(22)20-18(24-16)19-13-6-4-3-5-7-13/h3-11,21H,2H2,1H3,(H,19,20,22). The van der Waals surface area contributed by atoms with E-state index in [-0.39, 0.29) is 11.7 Å². The summed E-state index contributed by atoms with van der Waals surface area (Å²) in [5.74, 6) is 0.281. The molecule has 1 amide bonds. The highest BCUT2D eigenvalue weighted by Gasteiger charge is 2.23. The maximum absolute atomic E-state index is 12.1.